The van der Waals surface area contributed by atoms with E-state index in [2.05, 4.69) is 11.1 Å². The standard InChI is InChI=1S/C20H16N2OS2/c1-22(13-14-7-3-2-4-8-14)20(23)18-12-11-17(24-18)19-21-15-9-5-6-10-16(15)25-19/h2-12H,13H2,1H3. The molecule has 2 heterocycles. The Kier molecular flexibility index (Phi) is 4.34. The number of fused-ring (bicyclic) bond motifs is 1. The third kappa shape index (κ3) is 3.34. The number of rotatable bonds is 4. The summed E-state index contributed by atoms with van der Waals surface area (Å²) in [6.45, 7) is 0.605. The van der Waals surface area contributed by atoms with Crippen LogP contribution in [-0.4, -0.2) is 22.8 Å². The average Bonchev–Trinajstić information content (AvgIpc) is 3.28. The second kappa shape index (κ2) is 6.78. The van der Waals surface area contributed by atoms with Crippen LogP contribution in [-0.2, 0) is 6.54 Å². The van der Waals surface area contributed by atoms with Crippen molar-refractivity contribution in [3.8, 4) is 9.88 Å². The van der Waals surface area contributed by atoms with Gasteiger partial charge in [-0.25, -0.2) is 4.98 Å². The van der Waals surface area contributed by atoms with Crippen LogP contribution in [0.4, 0.5) is 0 Å². The second-order valence-electron chi connectivity index (χ2n) is 5.80. The highest BCUT2D eigenvalue weighted by molar-refractivity contribution is 7.26. The maximum atomic E-state index is 12.7. The van der Waals surface area contributed by atoms with Crippen LogP contribution < -0.4 is 0 Å². The number of thiophene rings is 1. The van der Waals surface area contributed by atoms with E-state index < -0.39 is 0 Å². The Bertz CT molecular complexity index is 987. The van der Waals surface area contributed by atoms with E-state index in [1.165, 1.54) is 16.0 Å². The molecule has 0 unspecified atom stereocenters. The van der Waals surface area contributed by atoms with Gasteiger partial charge in [-0.05, 0) is 29.8 Å². The number of hydrogen-bond donors (Lipinski definition) is 0. The second-order valence-corrected chi connectivity index (χ2v) is 7.91. The number of amides is 1. The number of benzene rings is 2. The summed E-state index contributed by atoms with van der Waals surface area (Å²) in [5.41, 5.74) is 2.13. The summed E-state index contributed by atoms with van der Waals surface area (Å²) in [6.07, 6.45) is 0. The van der Waals surface area contributed by atoms with Gasteiger partial charge >= 0.3 is 0 Å². The summed E-state index contributed by atoms with van der Waals surface area (Å²) < 4.78 is 1.17. The van der Waals surface area contributed by atoms with Crippen molar-refractivity contribution in [1.29, 1.82) is 0 Å². The van der Waals surface area contributed by atoms with Crippen LogP contribution in [0, 0.1) is 0 Å². The normalized spacial score (nSPS) is 10.9. The van der Waals surface area contributed by atoms with E-state index in [4.69, 9.17) is 0 Å². The molecule has 4 aromatic rings. The monoisotopic (exact) mass is 364 g/mol. The van der Waals surface area contributed by atoms with Gasteiger partial charge in [0.05, 0.1) is 20.0 Å². The maximum Gasteiger partial charge on any atom is 0.263 e. The summed E-state index contributed by atoms with van der Waals surface area (Å²) in [7, 11) is 1.84. The molecule has 0 N–H and O–H groups in total. The minimum absolute atomic E-state index is 0.0428. The Labute approximate surface area is 154 Å². The van der Waals surface area contributed by atoms with Crippen LogP contribution in [0.25, 0.3) is 20.1 Å². The fourth-order valence-corrected chi connectivity index (χ4v) is 4.68. The number of thiazole rings is 1. The highest BCUT2D eigenvalue weighted by atomic mass is 32.1. The van der Waals surface area contributed by atoms with Gasteiger partial charge in [-0.1, -0.05) is 42.5 Å². The fraction of sp³-hybridized carbons (Fsp3) is 0.100. The van der Waals surface area contributed by atoms with Crippen molar-refractivity contribution in [3.05, 3.63) is 77.2 Å². The van der Waals surface area contributed by atoms with Crippen molar-refractivity contribution in [2.45, 2.75) is 6.54 Å². The minimum atomic E-state index is 0.0428. The molecule has 0 atom stereocenters. The number of aromatic nitrogens is 1. The first-order chi connectivity index (χ1) is 12.2. The van der Waals surface area contributed by atoms with Gasteiger partial charge < -0.3 is 4.90 Å². The summed E-state index contributed by atoms with van der Waals surface area (Å²) in [4.78, 5) is 20.9. The molecule has 0 radical (unpaired) electrons. The maximum absolute atomic E-state index is 12.7. The first kappa shape index (κ1) is 16.0. The number of carbonyl (C=O) groups excluding carboxylic acids is 1. The molecule has 3 nitrogen and oxygen atoms in total. The van der Waals surface area contributed by atoms with Gasteiger partial charge in [-0.2, -0.15) is 0 Å². The summed E-state index contributed by atoms with van der Waals surface area (Å²) in [5, 5.41) is 0.968. The van der Waals surface area contributed by atoms with Gasteiger partial charge in [0.15, 0.2) is 0 Å². The summed E-state index contributed by atoms with van der Waals surface area (Å²) in [6, 6.07) is 22.0. The van der Waals surface area contributed by atoms with Crippen LogP contribution in [0.15, 0.2) is 66.7 Å². The van der Waals surface area contributed by atoms with Gasteiger partial charge in [-0.15, -0.1) is 22.7 Å². The van der Waals surface area contributed by atoms with E-state index in [-0.39, 0.29) is 5.91 Å². The Morgan fingerprint density at radius 1 is 0.960 bits per heavy atom. The molecule has 5 heteroatoms. The smallest absolute Gasteiger partial charge is 0.263 e. The third-order valence-electron chi connectivity index (χ3n) is 3.93. The van der Waals surface area contributed by atoms with Crippen molar-refractivity contribution < 1.29 is 4.79 Å². The van der Waals surface area contributed by atoms with Crippen molar-refractivity contribution in [3.63, 3.8) is 0 Å². The lowest BCUT2D eigenvalue weighted by Crippen LogP contribution is -2.25. The van der Waals surface area contributed by atoms with Gasteiger partial charge in [0.25, 0.3) is 5.91 Å². The quantitative estimate of drug-likeness (QED) is 0.492. The van der Waals surface area contributed by atoms with Crippen molar-refractivity contribution in [2.24, 2.45) is 0 Å². The number of para-hydroxylation sites is 1. The molecule has 0 aliphatic rings. The first-order valence-electron chi connectivity index (χ1n) is 7.96. The molecule has 2 aromatic heterocycles. The molecule has 0 fully saturated rings. The largest absolute Gasteiger partial charge is 0.337 e. The lowest BCUT2D eigenvalue weighted by atomic mass is 10.2. The van der Waals surface area contributed by atoms with Gasteiger partial charge in [0.2, 0.25) is 0 Å². The zero-order valence-corrected chi connectivity index (χ0v) is 15.3. The van der Waals surface area contributed by atoms with E-state index in [9.17, 15) is 4.79 Å². The highest BCUT2D eigenvalue weighted by Crippen LogP contribution is 2.34. The molecule has 4 rings (SSSR count). The topological polar surface area (TPSA) is 33.2 Å². The zero-order chi connectivity index (χ0) is 17.2. The van der Waals surface area contributed by atoms with Crippen LogP contribution in [0.5, 0.6) is 0 Å². The minimum Gasteiger partial charge on any atom is -0.337 e. The third-order valence-corrected chi connectivity index (χ3v) is 6.21. The molecule has 0 bridgehead atoms. The molecule has 124 valence electrons. The number of nitrogens with zero attached hydrogens (tertiary/aromatic N) is 2. The van der Waals surface area contributed by atoms with Gasteiger partial charge in [0.1, 0.15) is 5.01 Å². The predicted octanol–water partition coefficient (Wildman–Crippen LogP) is 5.30. The van der Waals surface area contributed by atoms with Crippen LogP contribution in [0.3, 0.4) is 0 Å². The lowest BCUT2D eigenvalue weighted by Gasteiger charge is -2.16. The van der Waals surface area contributed by atoms with E-state index in [1.807, 2.05) is 67.7 Å². The molecule has 0 saturated carbocycles. The van der Waals surface area contributed by atoms with Crippen LogP contribution in [0.1, 0.15) is 15.2 Å². The molecule has 25 heavy (non-hydrogen) atoms. The van der Waals surface area contributed by atoms with Crippen molar-refractivity contribution >= 4 is 38.8 Å². The van der Waals surface area contributed by atoms with E-state index in [1.54, 1.807) is 16.2 Å². The molecule has 1 amide bonds. The molecular weight excluding hydrogens is 348 g/mol. The van der Waals surface area contributed by atoms with E-state index in [0.29, 0.717) is 6.54 Å². The summed E-state index contributed by atoms with van der Waals surface area (Å²) in [5.74, 6) is 0.0428. The SMILES string of the molecule is CN(Cc1ccccc1)C(=O)c1ccc(-c2nc3ccccc3s2)s1. The lowest BCUT2D eigenvalue weighted by molar-refractivity contribution is 0.0790. The number of hydrogen-bond acceptors (Lipinski definition) is 4. The molecular formula is C20H16N2OS2. The molecule has 0 spiro atoms. The van der Waals surface area contributed by atoms with Crippen LogP contribution >= 0.6 is 22.7 Å². The Morgan fingerprint density at radius 2 is 1.72 bits per heavy atom. The fourth-order valence-electron chi connectivity index (χ4n) is 2.66. The highest BCUT2D eigenvalue weighted by Gasteiger charge is 2.16. The van der Waals surface area contributed by atoms with Crippen molar-refractivity contribution in [2.75, 3.05) is 7.05 Å². The summed E-state index contributed by atoms with van der Waals surface area (Å²) >= 11 is 3.17. The predicted molar refractivity (Wildman–Crippen MR) is 105 cm³/mol. The first-order valence-corrected chi connectivity index (χ1v) is 9.59. The Hall–Kier alpha value is -2.50. The van der Waals surface area contributed by atoms with E-state index in [0.717, 1.165) is 25.8 Å². The molecule has 0 saturated heterocycles. The Morgan fingerprint density at radius 3 is 2.52 bits per heavy atom. The average molecular weight is 364 g/mol. The molecule has 0 aliphatic carbocycles. The number of carbonyl (C=O) groups is 1. The van der Waals surface area contributed by atoms with Gasteiger partial charge in [-0.3, -0.25) is 4.79 Å². The zero-order valence-electron chi connectivity index (χ0n) is 13.7. The molecule has 2 aromatic carbocycles. The Balaban J connectivity index is 1.54. The van der Waals surface area contributed by atoms with Crippen LogP contribution in [0.2, 0.25) is 0 Å². The van der Waals surface area contributed by atoms with E-state index >= 15 is 0 Å². The van der Waals surface area contributed by atoms with Crippen molar-refractivity contribution in [1.82, 2.24) is 9.88 Å². The molecule has 0 aliphatic heterocycles. The van der Waals surface area contributed by atoms with Gasteiger partial charge in [0, 0.05) is 13.6 Å².